The molecule has 2 heteroatoms. The number of rotatable bonds is 2. The highest BCUT2D eigenvalue weighted by Gasteiger charge is 2.03. The summed E-state index contributed by atoms with van der Waals surface area (Å²) in [5.41, 5.74) is 8.90. The highest BCUT2D eigenvalue weighted by atomic mass is 14.9. The van der Waals surface area contributed by atoms with Crippen LogP contribution in [0.5, 0.6) is 0 Å². The van der Waals surface area contributed by atoms with Crippen molar-refractivity contribution in [1.29, 1.82) is 0 Å². The van der Waals surface area contributed by atoms with Crippen LogP contribution in [0.25, 0.3) is 0 Å². The maximum atomic E-state index is 5.67. The summed E-state index contributed by atoms with van der Waals surface area (Å²) >= 11 is 0. The van der Waals surface area contributed by atoms with Gasteiger partial charge in [0.2, 0.25) is 0 Å². The van der Waals surface area contributed by atoms with E-state index in [1.54, 1.807) is 0 Å². The smallest absolute Gasteiger partial charge is 0.0402 e. The number of nitrogens with two attached hydrogens (primary N) is 1. The van der Waals surface area contributed by atoms with Gasteiger partial charge in [0, 0.05) is 17.1 Å². The lowest BCUT2D eigenvalue weighted by Gasteiger charge is -2.07. The molecule has 0 unspecified atom stereocenters. The van der Waals surface area contributed by atoms with E-state index in [4.69, 9.17) is 5.73 Å². The highest BCUT2D eigenvalue weighted by Crippen LogP contribution is 2.21. The van der Waals surface area contributed by atoms with Crippen LogP contribution in [-0.4, -0.2) is 0 Å². The summed E-state index contributed by atoms with van der Waals surface area (Å²) in [6, 6.07) is 7.86. The Morgan fingerprint density at radius 3 is 2.92 bits per heavy atom. The summed E-state index contributed by atoms with van der Waals surface area (Å²) in [5, 5.41) is 3.36. The van der Waals surface area contributed by atoms with Crippen LogP contribution in [0.2, 0.25) is 0 Å². The van der Waals surface area contributed by atoms with Gasteiger partial charge in [-0.3, -0.25) is 0 Å². The fourth-order valence-electron chi connectivity index (χ4n) is 1.59. The Hall–Kier alpha value is -1.44. The molecule has 0 radical (unpaired) electrons. The molecule has 68 valence electrons. The monoisotopic (exact) mass is 174 g/mol. The van der Waals surface area contributed by atoms with Crippen LogP contribution < -0.4 is 11.1 Å². The number of hydrogen-bond acceptors (Lipinski definition) is 2. The molecule has 1 aromatic carbocycles. The Balaban J connectivity index is 2.09. The average molecular weight is 174 g/mol. The third kappa shape index (κ3) is 2.02. The molecule has 1 aliphatic carbocycles. The van der Waals surface area contributed by atoms with Gasteiger partial charge in [0.15, 0.2) is 0 Å². The van der Waals surface area contributed by atoms with Gasteiger partial charge in [-0.1, -0.05) is 12.1 Å². The molecule has 0 aliphatic heterocycles. The van der Waals surface area contributed by atoms with Crippen molar-refractivity contribution >= 4 is 11.4 Å². The number of hydrogen-bond donors (Lipinski definition) is 2. The standard InChI is InChI=1S/C11H14N2/c12-9-4-3-7-11(8-9)13-10-5-1-2-6-10/h3-5,7-8,13H,1-2,6,12H2. The summed E-state index contributed by atoms with van der Waals surface area (Å²) in [4.78, 5) is 0. The second kappa shape index (κ2) is 3.52. The van der Waals surface area contributed by atoms with Gasteiger partial charge in [0.25, 0.3) is 0 Å². The van der Waals surface area contributed by atoms with E-state index in [-0.39, 0.29) is 0 Å². The first kappa shape index (κ1) is 8.17. The molecule has 1 aromatic rings. The van der Waals surface area contributed by atoms with Gasteiger partial charge >= 0.3 is 0 Å². The van der Waals surface area contributed by atoms with Gasteiger partial charge in [-0.05, 0) is 37.5 Å². The molecule has 0 amide bonds. The number of anilines is 2. The molecule has 0 saturated heterocycles. The van der Waals surface area contributed by atoms with E-state index in [9.17, 15) is 0 Å². The lowest BCUT2D eigenvalue weighted by atomic mass is 10.2. The minimum atomic E-state index is 0.809. The Kier molecular flexibility index (Phi) is 2.21. The molecule has 0 bridgehead atoms. The van der Waals surface area contributed by atoms with Crippen molar-refractivity contribution in [2.24, 2.45) is 0 Å². The van der Waals surface area contributed by atoms with Gasteiger partial charge in [0.1, 0.15) is 0 Å². The van der Waals surface area contributed by atoms with Crippen LogP contribution in [0.4, 0.5) is 11.4 Å². The number of nitrogen functional groups attached to an aromatic ring is 1. The van der Waals surface area contributed by atoms with Crippen molar-refractivity contribution in [3.05, 3.63) is 36.0 Å². The summed E-state index contributed by atoms with van der Waals surface area (Å²) in [5.74, 6) is 0. The maximum Gasteiger partial charge on any atom is 0.0402 e. The average Bonchev–Trinajstić information content (AvgIpc) is 2.57. The zero-order valence-corrected chi connectivity index (χ0v) is 7.59. The van der Waals surface area contributed by atoms with Crippen LogP contribution in [-0.2, 0) is 0 Å². The predicted octanol–water partition coefficient (Wildman–Crippen LogP) is 2.75. The van der Waals surface area contributed by atoms with Gasteiger partial charge in [-0.25, -0.2) is 0 Å². The molecular weight excluding hydrogens is 160 g/mol. The molecule has 0 aromatic heterocycles. The predicted molar refractivity (Wildman–Crippen MR) is 56.4 cm³/mol. The summed E-state index contributed by atoms with van der Waals surface area (Å²) in [6.07, 6.45) is 5.88. The fraction of sp³-hybridized carbons (Fsp3) is 0.273. The minimum absolute atomic E-state index is 0.809. The van der Waals surface area contributed by atoms with E-state index < -0.39 is 0 Å². The van der Waals surface area contributed by atoms with Gasteiger partial charge < -0.3 is 11.1 Å². The van der Waals surface area contributed by atoms with Crippen LogP contribution >= 0.6 is 0 Å². The summed E-state index contributed by atoms with van der Waals surface area (Å²) < 4.78 is 0. The number of allylic oxidation sites excluding steroid dienone is 2. The topological polar surface area (TPSA) is 38.0 Å². The van der Waals surface area contributed by atoms with E-state index in [2.05, 4.69) is 11.4 Å². The Morgan fingerprint density at radius 2 is 2.23 bits per heavy atom. The van der Waals surface area contributed by atoms with Crippen LogP contribution in [0, 0.1) is 0 Å². The van der Waals surface area contributed by atoms with Crippen molar-refractivity contribution in [2.45, 2.75) is 19.3 Å². The number of nitrogens with one attached hydrogen (secondary N) is 1. The molecular formula is C11H14N2. The Bertz CT molecular complexity index is 329. The molecule has 0 saturated carbocycles. The zero-order valence-electron chi connectivity index (χ0n) is 7.59. The van der Waals surface area contributed by atoms with Gasteiger partial charge in [0.05, 0.1) is 0 Å². The third-order valence-electron chi connectivity index (χ3n) is 2.23. The second-order valence-corrected chi connectivity index (χ2v) is 3.37. The summed E-state index contributed by atoms with van der Waals surface area (Å²) in [7, 11) is 0. The molecule has 3 N–H and O–H groups in total. The van der Waals surface area contributed by atoms with Crippen molar-refractivity contribution in [1.82, 2.24) is 0 Å². The maximum absolute atomic E-state index is 5.67. The molecule has 13 heavy (non-hydrogen) atoms. The highest BCUT2D eigenvalue weighted by molar-refractivity contribution is 5.56. The molecule has 1 aliphatic rings. The van der Waals surface area contributed by atoms with E-state index in [0.717, 1.165) is 17.8 Å². The van der Waals surface area contributed by atoms with E-state index in [1.807, 2.05) is 24.3 Å². The first-order valence-electron chi connectivity index (χ1n) is 4.66. The van der Waals surface area contributed by atoms with E-state index >= 15 is 0 Å². The largest absolute Gasteiger partial charge is 0.399 e. The lowest BCUT2D eigenvalue weighted by Crippen LogP contribution is -1.96. The second-order valence-electron chi connectivity index (χ2n) is 3.37. The van der Waals surface area contributed by atoms with Crippen molar-refractivity contribution in [3.63, 3.8) is 0 Å². The molecule has 2 nitrogen and oxygen atoms in total. The molecule has 0 fully saturated rings. The SMILES string of the molecule is Nc1cccc(NC2=CCCC2)c1. The third-order valence-corrected chi connectivity index (χ3v) is 2.23. The lowest BCUT2D eigenvalue weighted by molar-refractivity contribution is 0.908. The summed E-state index contributed by atoms with van der Waals surface area (Å²) in [6.45, 7) is 0. The molecule has 0 heterocycles. The Morgan fingerprint density at radius 1 is 1.31 bits per heavy atom. The van der Waals surface area contributed by atoms with Gasteiger partial charge in [-0.15, -0.1) is 0 Å². The molecule has 2 rings (SSSR count). The van der Waals surface area contributed by atoms with E-state index in [0.29, 0.717) is 0 Å². The molecule has 0 spiro atoms. The number of benzene rings is 1. The quantitative estimate of drug-likeness (QED) is 0.676. The Labute approximate surface area is 78.5 Å². The van der Waals surface area contributed by atoms with Crippen LogP contribution in [0.1, 0.15) is 19.3 Å². The van der Waals surface area contributed by atoms with Crippen LogP contribution in [0.3, 0.4) is 0 Å². The normalized spacial score (nSPS) is 15.5. The first-order chi connectivity index (χ1) is 6.34. The zero-order chi connectivity index (χ0) is 9.10. The first-order valence-corrected chi connectivity index (χ1v) is 4.66. The minimum Gasteiger partial charge on any atom is -0.399 e. The van der Waals surface area contributed by atoms with E-state index in [1.165, 1.54) is 18.5 Å². The van der Waals surface area contributed by atoms with Crippen molar-refractivity contribution in [3.8, 4) is 0 Å². The molecule has 0 atom stereocenters. The van der Waals surface area contributed by atoms with Crippen LogP contribution in [0.15, 0.2) is 36.0 Å². The van der Waals surface area contributed by atoms with Crippen molar-refractivity contribution < 1.29 is 0 Å². The van der Waals surface area contributed by atoms with Crippen molar-refractivity contribution in [2.75, 3.05) is 11.1 Å². The van der Waals surface area contributed by atoms with Gasteiger partial charge in [-0.2, -0.15) is 0 Å². The fourth-order valence-corrected chi connectivity index (χ4v) is 1.59.